The average Bonchev–Trinajstić information content (AvgIpc) is 3.51. The van der Waals surface area contributed by atoms with Gasteiger partial charge in [-0.2, -0.15) is 5.10 Å². The van der Waals surface area contributed by atoms with Gasteiger partial charge in [0, 0.05) is 36.6 Å². The molecule has 0 amide bonds. The van der Waals surface area contributed by atoms with Gasteiger partial charge in [0.25, 0.3) is 0 Å². The zero-order chi connectivity index (χ0) is 22.4. The normalized spacial score (nSPS) is 15.5. The van der Waals surface area contributed by atoms with Gasteiger partial charge in [-0.25, -0.2) is 23.9 Å². The average molecular weight is 439 g/mol. The molecule has 1 aliphatic rings. The van der Waals surface area contributed by atoms with Crippen LogP contribution >= 0.6 is 0 Å². The van der Waals surface area contributed by atoms with Crippen LogP contribution in [0.3, 0.4) is 0 Å². The van der Waals surface area contributed by atoms with Crippen LogP contribution in [-0.2, 0) is 6.42 Å². The monoisotopic (exact) mass is 439 g/mol. The molecular formula is C24H18FN7O. The number of imidazole rings is 1. The summed E-state index contributed by atoms with van der Waals surface area (Å²) in [5.41, 5.74) is 3.64. The predicted molar refractivity (Wildman–Crippen MR) is 119 cm³/mol. The zero-order valence-corrected chi connectivity index (χ0v) is 17.4. The van der Waals surface area contributed by atoms with E-state index in [2.05, 4.69) is 25.0 Å². The fraction of sp³-hybridized carbons (Fsp3) is 0.125. The van der Waals surface area contributed by atoms with Crippen molar-refractivity contribution >= 4 is 17.2 Å². The number of pyridine rings is 1. The summed E-state index contributed by atoms with van der Waals surface area (Å²) in [6, 6.07) is 14.9. The van der Waals surface area contributed by atoms with Crippen LogP contribution < -0.4 is 4.90 Å². The number of carbonyl (C=O) groups excluding carboxylic acids is 1. The molecule has 9 heteroatoms. The van der Waals surface area contributed by atoms with Crippen LogP contribution in [-0.4, -0.2) is 41.9 Å². The second-order valence-corrected chi connectivity index (χ2v) is 7.80. The van der Waals surface area contributed by atoms with Gasteiger partial charge in [-0.05, 0) is 24.3 Å². The van der Waals surface area contributed by atoms with Crippen molar-refractivity contribution in [1.29, 1.82) is 0 Å². The molecule has 5 aromatic rings. The highest BCUT2D eigenvalue weighted by atomic mass is 19.1. The highest BCUT2D eigenvalue weighted by molar-refractivity contribution is 6.07. The number of aromatic nitrogens is 6. The summed E-state index contributed by atoms with van der Waals surface area (Å²) in [4.78, 5) is 31.7. The van der Waals surface area contributed by atoms with Crippen molar-refractivity contribution in [3.8, 4) is 0 Å². The fourth-order valence-electron chi connectivity index (χ4n) is 4.28. The number of aromatic amines is 1. The van der Waals surface area contributed by atoms with Crippen LogP contribution in [0, 0.1) is 5.82 Å². The highest BCUT2D eigenvalue weighted by Gasteiger charge is 2.35. The summed E-state index contributed by atoms with van der Waals surface area (Å²) in [6.07, 6.45) is 5.64. The second-order valence-electron chi connectivity index (χ2n) is 7.80. The van der Waals surface area contributed by atoms with Crippen molar-refractivity contribution < 1.29 is 9.18 Å². The molecule has 1 atom stereocenters. The minimum absolute atomic E-state index is 0.178. The maximum Gasteiger partial charge on any atom is 0.226 e. The number of H-pyrrole nitrogens is 1. The number of halogens is 1. The van der Waals surface area contributed by atoms with Crippen LogP contribution in [0.5, 0.6) is 0 Å². The van der Waals surface area contributed by atoms with Crippen LogP contribution in [0.25, 0.3) is 5.52 Å². The van der Waals surface area contributed by atoms with E-state index in [4.69, 9.17) is 0 Å². The van der Waals surface area contributed by atoms with Crippen LogP contribution in [0.15, 0.2) is 73.3 Å². The lowest BCUT2D eigenvalue weighted by Gasteiger charge is -2.34. The Labute approximate surface area is 187 Å². The predicted octanol–water partition coefficient (Wildman–Crippen LogP) is 3.37. The minimum Gasteiger partial charge on any atom is -0.348 e. The smallest absolute Gasteiger partial charge is 0.226 e. The van der Waals surface area contributed by atoms with Gasteiger partial charge in [0.1, 0.15) is 23.1 Å². The van der Waals surface area contributed by atoms with E-state index >= 15 is 0 Å². The Morgan fingerprint density at radius 1 is 1.09 bits per heavy atom. The van der Waals surface area contributed by atoms with Gasteiger partial charge in [0.15, 0.2) is 0 Å². The number of anilines is 1. The van der Waals surface area contributed by atoms with Crippen molar-refractivity contribution in [2.24, 2.45) is 0 Å². The van der Waals surface area contributed by atoms with E-state index in [0.29, 0.717) is 41.4 Å². The number of carbonyl (C=O) groups is 1. The van der Waals surface area contributed by atoms with Crippen LogP contribution in [0.2, 0.25) is 0 Å². The van der Waals surface area contributed by atoms with E-state index < -0.39 is 6.04 Å². The van der Waals surface area contributed by atoms with Gasteiger partial charge in [-0.15, -0.1) is 0 Å². The molecule has 0 saturated heterocycles. The van der Waals surface area contributed by atoms with Crippen molar-refractivity contribution in [3.05, 3.63) is 107 Å². The first-order chi connectivity index (χ1) is 16.2. The number of ketones is 1. The van der Waals surface area contributed by atoms with Crippen molar-refractivity contribution in [2.75, 3.05) is 11.4 Å². The Bertz CT molecular complexity index is 1480. The quantitative estimate of drug-likeness (QED) is 0.432. The molecule has 0 bridgehead atoms. The van der Waals surface area contributed by atoms with Gasteiger partial charge < -0.3 is 9.88 Å². The molecule has 0 unspecified atom stereocenters. The third-order valence-electron chi connectivity index (χ3n) is 5.84. The topological polar surface area (TPSA) is 92.1 Å². The molecule has 0 saturated carbocycles. The van der Waals surface area contributed by atoms with Crippen molar-refractivity contribution in [2.45, 2.75) is 12.5 Å². The lowest BCUT2D eigenvalue weighted by molar-refractivity contribution is 0.103. The van der Waals surface area contributed by atoms with E-state index in [-0.39, 0.29) is 11.6 Å². The van der Waals surface area contributed by atoms with Gasteiger partial charge in [0.2, 0.25) is 11.7 Å². The minimum atomic E-state index is -0.429. The summed E-state index contributed by atoms with van der Waals surface area (Å²) in [5, 5.41) is 4.62. The molecule has 162 valence electrons. The lowest BCUT2D eigenvalue weighted by Crippen LogP contribution is -2.38. The van der Waals surface area contributed by atoms with Gasteiger partial charge >= 0.3 is 0 Å². The Morgan fingerprint density at radius 2 is 1.97 bits per heavy atom. The summed E-state index contributed by atoms with van der Waals surface area (Å²) in [5.74, 6) is -0.136. The molecular weight excluding hydrogens is 421 g/mol. The van der Waals surface area contributed by atoms with Crippen LogP contribution in [0.1, 0.15) is 39.2 Å². The lowest BCUT2D eigenvalue weighted by atomic mass is 10.00. The van der Waals surface area contributed by atoms with Gasteiger partial charge in [0.05, 0.1) is 17.7 Å². The zero-order valence-electron chi connectivity index (χ0n) is 17.4. The third kappa shape index (κ3) is 3.25. The Hall–Kier alpha value is -4.40. The van der Waals surface area contributed by atoms with Gasteiger partial charge in [-0.3, -0.25) is 4.79 Å². The molecule has 0 fully saturated rings. The first-order valence-electron chi connectivity index (χ1n) is 10.5. The van der Waals surface area contributed by atoms with Crippen molar-refractivity contribution in [1.82, 2.24) is 29.5 Å². The Kier molecular flexibility index (Phi) is 4.46. The molecule has 0 spiro atoms. The maximum atomic E-state index is 14.4. The summed E-state index contributed by atoms with van der Waals surface area (Å²) < 4.78 is 15.9. The second kappa shape index (κ2) is 7.63. The summed E-state index contributed by atoms with van der Waals surface area (Å²) >= 11 is 0. The molecule has 1 aromatic carbocycles. The van der Waals surface area contributed by atoms with Crippen LogP contribution in [0.4, 0.5) is 10.3 Å². The van der Waals surface area contributed by atoms with E-state index in [1.165, 1.54) is 10.6 Å². The standard InChI is InChI=1S/C24H18FN7O/c25-16-7-4-11-32-20(16)13-19(30-32)22-21-17(27-14-28-21)9-12-31(22)24-26-10-8-18(29-24)23(33)15-5-2-1-3-6-15/h1-8,10-11,13-14,22H,9,12H2,(H,27,28)/t22-/m0/s1. The molecule has 8 nitrogen and oxygen atoms in total. The number of hydrogen-bond acceptors (Lipinski definition) is 6. The first-order valence-corrected chi connectivity index (χ1v) is 10.5. The maximum absolute atomic E-state index is 14.4. The number of nitrogens with one attached hydrogen (secondary N) is 1. The number of fused-ring (bicyclic) bond motifs is 2. The first kappa shape index (κ1) is 19.3. The molecule has 0 aliphatic carbocycles. The number of nitrogens with zero attached hydrogens (tertiary/aromatic N) is 6. The number of benzene rings is 1. The summed E-state index contributed by atoms with van der Waals surface area (Å²) in [7, 11) is 0. The molecule has 4 aromatic heterocycles. The fourth-order valence-corrected chi connectivity index (χ4v) is 4.28. The SMILES string of the molecule is O=C(c1ccccc1)c1ccnc(N2CCc3[nH]cnc3[C@@H]2c2cc3c(F)cccn3n2)n1. The third-order valence-corrected chi connectivity index (χ3v) is 5.84. The van der Waals surface area contributed by atoms with Crippen molar-refractivity contribution in [3.63, 3.8) is 0 Å². The molecule has 6 rings (SSSR count). The molecule has 5 heterocycles. The van der Waals surface area contributed by atoms with E-state index in [1.54, 1.807) is 49.1 Å². The Morgan fingerprint density at radius 3 is 2.82 bits per heavy atom. The molecule has 1 N–H and O–H groups in total. The van der Waals surface area contributed by atoms with Gasteiger partial charge in [-0.1, -0.05) is 30.3 Å². The Balaban J connectivity index is 1.45. The van der Waals surface area contributed by atoms with E-state index in [9.17, 15) is 9.18 Å². The molecule has 1 aliphatic heterocycles. The number of rotatable bonds is 4. The largest absolute Gasteiger partial charge is 0.348 e. The van der Waals surface area contributed by atoms with E-state index in [1.807, 2.05) is 23.1 Å². The number of hydrogen-bond donors (Lipinski definition) is 1. The highest BCUT2D eigenvalue weighted by Crippen LogP contribution is 2.35. The molecule has 0 radical (unpaired) electrons. The molecule has 33 heavy (non-hydrogen) atoms. The van der Waals surface area contributed by atoms with E-state index in [0.717, 1.165) is 11.4 Å². The summed E-state index contributed by atoms with van der Waals surface area (Å²) in [6.45, 7) is 0.583.